The molecule has 1 atom stereocenters. The predicted molar refractivity (Wildman–Crippen MR) is 146 cm³/mol. The number of rotatable bonds is 25. The number of carbonyl (C=O) groups is 3. The van der Waals surface area contributed by atoms with Gasteiger partial charge >= 0.3 is 17.9 Å². The van der Waals surface area contributed by atoms with E-state index in [4.69, 9.17) is 19.1 Å². The predicted octanol–water partition coefficient (Wildman–Crippen LogP) is 3.81. The monoisotopic (exact) mass is 580 g/mol. The summed E-state index contributed by atoms with van der Waals surface area (Å²) >= 11 is 0. The Labute approximate surface area is 232 Å². The smallest absolute Gasteiger partial charge is 0.325 e. The molecule has 228 valence electrons. The van der Waals surface area contributed by atoms with Gasteiger partial charge in [0.1, 0.15) is 13.2 Å². The lowest BCUT2D eigenvalue weighted by atomic mass is 9.92. The topological polar surface area (TPSA) is 185 Å². The van der Waals surface area contributed by atoms with E-state index in [9.17, 15) is 33.0 Å². The molecule has 4 N–H and O–H groups in total. The van der Waals surface area contributed by atoms with Crippen LogP contribution in [-0.4, -0.2) is 77.9 Å². The molecule has 0 heterocycles. The molecule has 0 bridgehead atoms. The van der Waals surface area contributed by atoms with Crippen LogP contribution in [0.25, 0.3) is 0 Å². The summed E-state index contributed by atoms with van der Waals surface area (Å²) < 4.78 is 41.0. The maximum atomic E-state index is 12.1. The third-order valence-electron chi connectivity index (χ3n) is 6.38. The van der Waals surface area contributed by atoms with E-state index in [1.165, 1.54) is 38.5 Å². The number of carbonyl (C=O) groups excluding carboxylic acids is 2. The van der Waals surface area contributed by atoms with E-state index in [2.05, 4.69) is 19.1 Å². The SMILES string of the molecule is CCCCCCCC/C=C/CCCCCCCC(=O)OCC(CO)(CO)COC(=O)CC(C(=O)O)S(=O)(=O)O. The Kier molecular flexibility index (Phi) is 20.6. The molecule has 0 radical (unpaired) electrons. The summed E-state index contributed by atoms with van der Waals surface area (Å²) in [6, 6.07) is 0. The molecular formula is C27H48O11S. The first-order valence-corrected chi connectivity index (χ1v) is 15.4. The maximum absolute atomic E-state index is 12.1. The number of carboxylic acid groups (broad SMARTS) is 1. The zero-order valence-corrected chi connectivity index (χ0v) is 24.0. The molecule has 0 aliphatic heterocycles. The van der Waals surface area contributed by atoms with Gasteiger partial charge in [0.15, 0.2) is 5.25 Å². The fourth-order valence-electron chi connectivity index (χ4n) is 3.68. The Morgan fingerprint density at radius 1 is 0.769 bits per heavy atom. The highest BCUT2D eigenvalue weighted by molar-refractivity contribution is 7.87. The molecule has 0 spiro atoms. The lowest BCUT2D eigenvalue weighted by Gasteiger charge is -2.28. The Morgan fingerprint density at radius 3 is 1.69 bits per heavy atom. The summed E-state index contributed by atoms with van der Waals surface area (Å²) in [7, 11) is -5.04. The molecule has 0 aromatic carbocycles. The highest BCUT2D eigenvalue weighted by Crippen LogP contribution is 2.19. The van der Waals surface area contributed by atoms with E-state index in [0.717, 1.165) is 38.5 Å². The number of allylic oxidation sites excluding steroid dienone is 2. The van der Waals surface area contributed by atoms with Crippen molar-refractivity contribution in [1.29, 1.82) is 0 Å². The van der Waals surface area contributed by atoms with Crippen molar-refractivity contribution in [3.05, 3.63) is 12.2 Å². The summed E-state index contributed by atoms with van der Waals surface area (Å²) in [5, 5.41) is 25.7. The summed E-state index contributed by atoms with van der Waals surface area (Å²) in [5.41, 5.74) is -1.55. The van der Waals surface area contributed by atoms with Gasteiger partial charge in [-0.15, -0.1) is 0 Å². The second kappa shape index (κ2) is 21.8. The number of ether oxygens (including phenoxy) is 2. The van der Waals surface area contributed by atoms with Crippen molar-refractivity contribution in [2.45, 2.75) is 108 Å². The van der Waals surface area contributed by atoms with Gasteiger partial charge in [0.25, 0.3) is 10.1 Å². The molecule has 11 nitrogen and oxygen atoms in total. The van der Waals surface area contributed by atoms with E-state index in [0.29, 0.717) is 6.42 Å². The van der Waals surface area contributed by atoms with Gasteiger partial charge in [0.2, 0.25) is 0 Å². The van der Waals surface area contributed by atoms with Crippen molar-refractivity contribution in [3.8, 4) is 0 Å². The highest BCUT2D eigenvalue weighted by atomic mass is 32.2. The van der Waals surface area contributed by atoms with E-state index in [-0.39, 0.29) is 6.42 Å². The standard InChI is InChI=1S/C27H48O11S/c1-2-3-4-5-6-7-8-9-10-11-12-13-14-15-16-17-24(30)37-21-27(19-28,20-29)22-38-25(31)18-23(26(32)33)39(34,35)36/h9-10,23,28-29H,2-8,11-22H2,1H3,(H,32,33)(H,34,35,36)/b10-9+. The number of aliphatic carboxylic acids is 1. The normalized spacial score (nSPS) is 12.9. The van der Waals surface area contributed by atoms with E-state index < -0.39 is 71.5 Å². The summed E-state index contributed by atoms with van der Waals surface area (Å²) in [6.45, 7) is -0.343. The van der Waals surface area contributed by atoms with Crippen LogP contribution in [0.3, 0.4) is 0 Å². The molecule has 0 aliphatic carbocycles. The average molecular weight is 581 g/mol. The molecule has 0 fully saturated rings. The molecule has 0 saturated heterocycles. The van der Waals surface area contributed by atoms with E-state index in [1.54, 1.807) is 0 Å². The van der Waals surface area contributed by atoms with Crippen LogP contribution in [-0.2, 0) is 34.0 Å². The molecular weight excluding hydrogens is 532 g/mol. The third kappa shape index (κ3) is 18.8. The van der Waals surface area contributed by atoms with Gasteiger partial charge in [0.05, 0.1) is 25.0 Å². The van der Waals surface area contributed by atoms with Crippen molar-refractivity contribution in [2.24, 2.45) is 5.41 Å². The molecule has 1 unspecified atom stereocenters. The molecule has 0 saturated carbocycles. The van der Waals surface area contributed by atoms with Crippen LogP contribution in [0, 0.1) is 5.41 Å². The van der Waals surface area contributed by atoms with Gasteiger partial charge in [-0.25, -0.2) is 0 Å². The number of unbranched alkanes of at least 4 members (excludes halogenated alkanes) is 11. The Balaban J connectivity index is 4.11. The summed E-state index contributed by atoms with van der Waals surface area (Å²) in [4.78, 5) is 34.9. The van der Waals surface area contributed by atoms with Crippen molar-refractivity contribution < 1.29 is 52.1 Å². The fourth-order valence-corrected chi connectivity index (χ4v) is 4.29. The first-order chi connectivity index (χ1) is 18.5. The zero-order chi connectivity index (χ0) is 29.6. The largest absolute Gasteiger partial charge is 0.480 e. The van der Waals surface area contributed by atoms with Crippen LogP contribution in [0.5, 0.6) is 0 Å². The number of aliphatic hydroxyl groups excluding tert-OH is 2. The Hall–Kier alpha value is -2.02. The molecule has 0 aromatic heterocycles. The average Bonchev–Trinajstić information content (AvgIpc) is 2.89. The first-order valence-electron chi connectivity index (χ1n) is 13.9. The summed E-state index contributed by atoms with van der Waals surface area (Å²) in [5.74, 6) is -3.76. The molecule has 0 rings (SSSR count). The number of aliphatic hydroxyl groups is 2. The molecule has 0 aromatic rings. The van der Waals surface area contributed by atoms with E-state index >= 15 is 0 Å². The van der Waals surface area contributed by atoms with Crippen LogP contribution in [0.1, 0.15) is 103 Å². The van der Waals surface area contributed by atoms with Crippen LogP contribution < -0.4 is 0 Å². The molecule has 0 amide bonds. The van der Waals surface area contributed by atoms with Gasteiger partial charge in [0, 0.05) is 6.42 Å². The lowest BCUT2D eigenvalue weighted by molar-refractivity contribution is -0.160. The lowest BCUT2D eigenvalue weighted by Crippen LogP contribution is -2.41. The zero-order valence-electron chi connectivity index (χ0n) is 23.2. The third-order valence-corrected chi connectivity index (χ3v) is 7.47. The van der Waals surface area contributed by atoms with Gasteiger partial charge in [-0.05, 0) is 32.1 Å². The van der Waals surface area contributed by atoms with Crippen molar-refractivity contribution in [1.82, 2.24) is 0 Å². The van der Waals surface area contributed by atoms with Gasteiger partial charge in [-0.3, -0.25) is 18.9 Å². The number of esters is 2. The Morgan fingerprint density at radius 2 is 1.23 bits per heavy atom. The Bertz CT molecular complexity index is 820. The molecule has 39 heavy (non-hydrogen) atoms. The van der Waals surface area contributed by atoms with Crippen LogP contribution in [0.2, 0.25) is 0 Å². The van der Waals surface area contributed by atoms with Gasteiger partial charge in [-0.1, -0.05) is 70.4 Å². The van der Waals surface area contributed by atoms with Crippen molar-refractivity contribution >= 4 is 28.0 Å². The summed E-state index contributed by atoms with van der Waals surface area (Å²) in [6.07, 6.45) is 18.2. The molecule has 0 aliphatic rings. The maximum Gasteiger partial charge on any atom is 0.325 e. The van der Waals surface area contributed by atoms with Crippen molar-refractivity contribution in [3.63, 3.8) is 0 Å². The quantitative estimate of drug-likeness (QED) is 0.0532. The van der Waals surface area contributed by atoms with Crippen molar-refractivity contribution in [2.75, 3.05) is 26.4 Å². The van der Waals surface area contributed by atoms with Crippen LogP contribution in [0.4, 0.5) is 0 Å². The minimum Gasteiger partial charge on any atom is -0.480 e. The fraction of sp³-hybridized carbons (Fsp3) is 0.815. The minimum absolute atomic E-state index is 0.152. The minimum atomic E-state index is -5.04. The van der Waals surface area contributed by atoms with Crippen LogP contribution >= 0.6 is 0 Å². The van der Waals surface area contributed by atoms with Gasteiger partial charge in [-0.2, -0.15) is 8.42 Å². The number of hydrogen-bond donors (Lipinski definition) is 4. The highest BCUT2D eigenvalue weighted by Gasteiger charge is 2.36. The van der Waals surface area contributed by atoms with E-state index in [1.807, 2.05) is 0 Å². The first kappa shape index (κ1) is 37.0. The molecule has 12 heteroatoms. The van der Waals surface area contributed by atoms with Crippen LogP contribution in [0.15, 0.2) is 12.2 Å². The second-order valence-electron chi connectivity index (χ2n) is 10.0. The number of carboxylic acids is 1. The second-order valence-corrected chi connectivity index (χ2v) is 11.6. The van der Waals surface area contributed by atoms with Gasteiger partial charge < -0.3 is 24.8 Å². The number of hydrogen-bond acceptors (Lipinski definition) is 9.